The summed E-state index contributed by atoms with van der Waals surface area (Å²) >= 11 is 0. The van der Waals surface area contributed by atoms with Crippen LogP contribution in [0.15, 0.2) is 0 Å². The number of fused-ring (bicyclic) bond motifs is 2. The SMILES string of the molecule is CCCOC(=O)C[N+](C)(C)CCOC1CC2CCC1(C)C2(C)C.[Br-]. The second-order valence-corrected chi connectivity index (χ2v) is 9.01. The van der Waals surface area contributed by atoms with Crippen LogP contribution in [0.5, 0.6) is 0 Å². The molecule has 2 bridgehead atoms. The van der Waals surface area contributed by atoms with Crippen molar-refractivity contribution in [1.82, 2.24) is 0 Å². The molecule has 0 aromatic rings. The van der Waals surface area contributed by atoms with Crippen molar-refractivity contribution in [3.63, 3.8) is 0 Å². The minimum absolute atomic E-state index is 0. The van der Waals surface area contributed by atoms with Gasteiger partial charge in [-0.25, -0.2) is 4.79 Å². The fourth-order valence-electron chi connectivity index (χ4n) is 4.51. The number of ether oxygens (including phenoxy) is 2. The molecular formula is C19H36BrNO3. The molecule has 0 radical (unpaired) electrons. The minimum Gasteiger partial charge on any atom is -1.00 e. The summed E-state index contributed by atoms with van der Waals surface area (Å²) in [5.41, 5.74) is 0.709. The van der Waals surface area contributed by atoms with E-state index >= 15 is 0 Å². The number of hydrogen-bond acceptors (Lipinski definition) is 3. The Morgan fingerprint density at radius 1 is 1.21 bits per heavy atom. The maximum atomic E-state index is 11.8. The molecule has 0 spiro atoms. The van der Waals surface area contributed by atoms with Crippen LogP contribution in [0.25, 0.3) is 0 Å². The number of nitrogens with zero attached hydrogens (tertiary/aromatic N) is 1. The van der Waals surface area contributed by atoms with E-state index in [0.29, 0.717) is 34.6 Å². The van der Waals surface area contributed by atoms with Crippen molar-refractivity contribution in [2.45, 2.75) is 59.5 Å². The number of halogens is 1. The Morgan fingerprint density at radius 2 is 1.88 bits per heavy atom. The smallest absolute Gasteiger partial charge is 0.361 e. The van der Waals surface area contributed by atoms with Crippen molar-refractivity contribution in [2.75, 3.05) is 40.4 Å². The van der Waals surface area contributed by atoms with Crippen molar-refractivity contribution >= 4 is 5.97 Å². The van der Waals surface area contributed by atoms with Crippen LogP contribution in [-0.2, 0) is 14.3 Å². The van der Waals surface area contributed by atoms with Crippen LogP contribution in [-0.4, -0.2) is 57.0 Å². The molecule has 0 aliphatic heterocycles. The molecule has 0 N–H and O–H groups in total. The van der Waals surface area contributed by atoms with Gasteiger partial charge in [-0.05, 0) is 42.4 Å². The van der Waals surface area contributed by atoms with Gasteiger partial charge in [0.05, 0.1) is 33.4 Å². The van der Waals surface area contributed by atoms with E-state index in [1.165, 1.54) is 19.3 Å². The van der Waals surface area contributed by atoms with Crippen molar-refractivity contribution in [1.29, 1.82) is 0 Å². The van der Waals surface area contributed by atoms with Crippen LogP contribution in [0, 0.1) is 16.7 Å². The first-order valence-corrected chi connectivity index (χ1v) is 9.21. The topological polar surface area (TPSA) is 35.5 Å². The summed E-state index contributed by atoms with van der Waals surface area (Å²) in [6.07, 6.45) is 5.10. The molecule has 3 unspecified atom stereocenters. The molecule has 3 atom stereocenters. The second-order valence-electron chi connectivity index (χ2n) is 9.01. The molecule has 0 aromatic heterocycles. The van der Waals surface area contributed by atoms with Gasteiger partial charge >= 0.3 is 5.97 Å². The zero-order valence-corrected chi connectivity index (χ0v) is 17.9. The first-order chi connectivity index (χ1) is 10.6. The maximum Gasteiger partial charge on any atom is 0.361 e. The van der Waals surface area contributed by atoms with E-state index < -0.39 is 0 Å². The fraction of sp³-hybridized carbons (Fsp3) is 0.947. The third kappa shape index (κ3) is 4.34. The summed E-state index contributed by atoms with van der Waals surface area (Å²) < 4.78 is 12.1. The van der Waals surface area contributed by atoms with Crippen molar-refractivity contribution in [3.05, 3.63) is 0 Å². The summed E-state index contributed by atoms with van der Waals surface area (Å²) in [6.45, 7) is 11.8. The number of quaternary nitrogens is 1. The van der Waals surface area contributed by atoms with Crippen LogP contribution in [0.2, 0.25) is 0 Å². The van der Waals surface area contributed by atoms with Gasteiger partial charge in [-0.3, -0.25) is 0 Å². The molecule has 2 rings (SSSR count). The molecule has 0 saturated heterocycles. The van der Waals surface area contributed by atoms with Gasteiger partial charge in [-0.2, -0.15) is 0 Å². The Hall–Kier alpha value is -0.130. The van der Waals surface area contributed by atoms with E-state index in [1.54, 1.807) is 0 Å². The predicted octanol–water partition coefficient (Wildman–Crippen LogP) is 0.251. The van der Waals surface area contributed by atoms with E-state index in [1.807, 2.05) is 6.92 Å². The molecule has 0 amide bonds. The summed E-state index contributed by atoms with van der Waals surface area (Å²) in [6, 6.07) is 0. The molecule has 0 aromatic carbocycles. The summed E-state index contributed by atoms with van der Waals surface area (Å²) in [5, 5.41) is 0. The maximum absolute atomic E-state index is 11.8. The van der Waals surface area contributed by atoms with Gasteiger partial charge in [0, 0.05) is 0 Å². The van der Waals surface area contributed by atoms with Crippen LogP contribution in [0.3, 0.4) is 0 Å². The molecular weight excluding hydrogens is 370 g/mol. The molecule has 2 aliphatic carbocycles. The van der Waals surface area contributed by atoms with Gasteiger partial charge in [0.15, 0.2) is 6.54 Å². The van der Waals surface area contributed by atoms with Crippen molar-refractivity contribution in [2.24, 2.45) is 16.7 Å². The molecule has 2 aliphatic rings. The lowest BCUT2D eigenvalue weighted by atomic mass is 9.70. The Morgan fingerprint density at radius 3 is 2.38 bits per heavy atom. The van der Waals surface area contributed by atoms with Gasteiger partial charge in [0.1, 0.15) is 6.54 Å². The van der Waals surface area contributed by atoms with Crippen molar-refractivity contribution < 1.29 is 35.7 Å². The van der Waals surface area contributed by atoms with Gasteiger partial charge < -0.3 is 30.9 Å². The van der Waals surface area contributed by atoms with E-state index in [9.17, 15) is 4.79 Å². The lowest BCUT2D eigenvalue weighted by Gasteiger charge is -2.39. The zero-order chi connectivity index (χ0) is 17.3. The molecule has 4 nitrogen and oxygen atoms in total. The number of rotatable bonds is 8. The molecule has 0 heterocycles. The first kappa shape index (κ1) is 21.9. The van der Waals surface area contributed by atoms with Crippen molar-refractivity contribution in [3.8, 4) is 0 Å². The Labute approximate surface area is 158 Å². The zero-order valence-electron chi connectivity index (χ0n) is 16.4. The number of carbonyl (C=O) groups excluding carboxylic acids is 1. The minimum atomic E-state index is -0.107. The van der Waals surface area contributed by atoms with Crippen LogP contribution < -0.4 is 17.0 Å². The largest absolute Gasteiger partial charge is 1.00 e. The molecule has 2 fully saturated rings. The lowest BCUT2D eigenvalue weighted by molar-refractivity contribution is -0.883. The van der Waals surface area contributed by atoms with E-state index in [-0.39, 0.29) is 23.0 Å². The number of carbonyl (C=O) groups is 1. The normalized spacial score (nSPS) is 30.9. The van der Waals surface area contributed by atoms with Crippen LogP contribution in [0.1, 0.15) is 53.4 Å². The molecule has 2 saturated carbocycles. The predicted molar refractivity (Wildman–Crippen MR) is 92.1 cm³/mol. The summed E-state index contributed by atoms with van der Waals surface area (Å²) in [5.74, 6) is 0.703. The van der Waals surface area contributed by atoms with Crippen LogP contribution in [0.4, 0.5) is 0 Å². The molecule has 5 heteroatoms. The monoisotopic (exact) mass is 405 g/mol. The third-order valence-electron chi connectivity index (χ3n) is 6.75. The number of esters is 1. The Kier molecular flexibility index (Phi) is 7.35. The fourth-order valence-corrected chi connectivity index (χ4v) is 4.51. The highest BCUT2D eigenvalue weighted by Gasteiger charge is 2.61. The highest BCUT2D eigenvalue weighted by molar-refractivity contribution is 5.70. The van der Waals surface area contributed by atoms with E-state index in [2.05, 4.69) is 34.9 Å². The quantitative estimate of drug-likeness (QED) is 0.428. The molecule has 24 heavy (non-hydrogen) atoms. The second kappa shape index (κ2) is 8.05. The van der Waals surface area contributed by atoms with Gasteiger partial charge in [0.25, 0.3) is 0 Å². The average molecular weight is 406 g/mol. The standard InChI is InChI=1S/C19H36NO3.BrH/c1-7-11-23-17(21)14-20(5,6)10-12-22-16-13-15-8-9-19(16,4)18(15,2)3;/h15-16H,7-14H2,1-6H3;1H/q+1;/p-1. The Balaban J connectivity index is 0.00000288. The first-order valence-electron chi connectivity index (χ1n) is 9.21. The summed E-state index contributed by atoms with van der Waals surface area (Å²) in [7, 11) is 4.14. The lowest BCUT2D eigenvalue weighted by Crippen LogP contribution is -3.00. The van der Waals surface area contributed by atoms with Crippen LogP contribution >= 0.6 is 0 Å². The number of hydrogen-bond donors (Lipinski definition) is 0. The highest BCUT2D eigenvalue weighted by Crippen LogP contribution is 2.66. The Bertz CT molecular complexity index is 438. The molecule has 142 valence electrons. The van der Waals surface area contributed by atoms with E-state index in [0.717, 1.165) is 25.5 Å². The summed E-state index contributed by atoms with van der Waals surface area (Å²) in [4.78, 5) is 11.8. The highest BCUT2D eigenvalue weighted by atomic mass is 79.9. The van der Waals surface area contributed by atoms with Gasteiger partial charge in [-0.1, -0.05) is 27.7 Å². The van der Waals surface area contributed by atoms with Gasteiger partial charge in [0.2, 0.25) is 0 Å². The number of likely N-dealkylation sites (N-methyl/N-ethyl adjacent to an activating group) is 1. The third-order valence-corrected chi connectivity index (χ3v) is 6.75. The van der Waals surface area contributed by atoms with E-state index in [4.69, 9.17) is 9.47 Å². The average Bonchev–Trinajstić information content (AvgIpc) is 2.77. The van der Waals surface area contributed by atoms with Gasteiger partial charge in [-0.15, -0.1) is 0 Å².